The summed E-state index contributed by atoms with van der Waals surface area (Å²) >= 11 is 5.62. The van der Waals surface area contributed by atoms with Crippen LogP contribution >= 0.6 is 12.2 Å². The predicted molar refractivity (Wildman–Crippen MR) is 89.0 cm³/mol. The van der Waals surface area contributed by atoms with E-state index in [-0.39, 0.29) is 0 Å². The third-order valence-corrected chi connectivity index (χ3v) is 5.33. The molecule has 1 aromatic carbocycles. The minimum absolute atomic E-state index is 0.870. The zero-order chi connectivity index (χ0) is 13.9. The van der Waals surface area contributed by atoms with Gasteiger partial charge in [-0.05, 0) is 55.4 Å². The zero-order valence-electron chi connectivity index (χ0n) is 12.3. The molecule has 0 amide bonds. The van der Waals surface area contributed by atoms with E-state index in [1.807, 2.05) is 0 Å². The van der Waals surface area contributed by atoms with Crippen molar-refractivity contribution < 1.29 is 0 Å². The van der Waals surface area contributed by atoms with Gasteiger partial charge in [-0.15, -0.1) is 0 Å². The highest BCUT2D eigenvalue weighted by Gasteiger charge is 2.31. The molecular formula is C17H24N2S. The van der Waals surface area contributed by atoms with Gasteiger partial charge in [0.15, 0.2) is 5.11 Å². The van der Waals surface area contributed by atoms with E-state index in [1.54, 1.807) is 0 Å². The molecule has 1 saturated heterocycles. The van der Waals surface area contributed by atoms with E-state index in [4.69, 9.17) is 12.2 Å². The standard InChI is InChI=1S/C17H24N2S/c1-13-6-2-5-9-16(13)18-17(20)19-11-10-14-7-3-4-8-15(14)12-19/h2,5-6,9,14-15H,3-4,7-8,10-12H2,1H3,(H,18,20)/t14-,15-/m1/s1. The van der Waals surface area contributed by atoms with Crippen LogP contribution in [0.25, 0.3) is 0 Å². The first kappa shape index (κ1) is 13.9. The van der Waals surface area contributed by atoms with Crippen LogP contribution in [0.15, 0.2) is 24.3 Å². The fourth-order valence-electron chi connectivity index (χ4n) is 3.69. The molecular weight excluding hydrogens is 264 g/mol. The smallest absolute Gasteiger partial charge is 0.173 e. The van der Waals surface area contributed by atoms with Crippen LogP contribution in [0, 0.1) is 18.8 Å². The highest BCUT2D eigenvalue weighted by atomic mass is 32.1. The summed E-state index contributed by atoms with van der Waals surface area (Å²) in [5.74, 6) is 1.83. The first-order valence-corrected chi connectivity index (χ1v) is 8.26. The Balaban J connectivity index is 1.62. The Bertz CT molecular complexity index is 486. The van der Waals surface area contributed by atoms with Gasteiger partial charge in [-0.2, -0.15) is 0 Å². The number of aryl methyl sites for hydroxylation is 1. The van der Waals surface area contributed by atoms with Crippen molar-refractivity contribution in [1.82, 2.24) is 4.90 Å². The molecule has 0 unspecified atom stereocenters. The highest BCUT2D eigenvalue weighted by molar-refractivity contribution is 7.80. The fourth-order valence-corrected chi connectivity index (χ4v) is 3.97. The summed E-state index contributed by atoms with van der Waals surface area (Å²) in [5, 5.41) is 4.34. The van der Waals surface area contributed by atoms with Gasteiger partial charge in [-0.1, -0.05) is 37.5 Å². The molecule has 2 aliphatic rings. The maximum absolute atomic E-state index is 5.62. The van der Waals surface area contributed by atoms with Crippen LogP contribution in [0.2, 0.25) is 0 Å². The van der Waals surface area contributed by atoms with Crippen molar-refractivity contribution in [2.45, 2.75) is 39.0 Å². The summed E-state index contributed by atoms with van der Waals surface area (Å²) in [7, 11) is 0. The molecule has 1 aromatic rings. The van der Waals surface area contributed by atoms with Crippen LogP contribution in [-0.2, 0) is 0 Å². The molecule has 1 aliphatic carbocycles. The SMILES string of the molecule is Cc1ccccc1NC(=S)N1CC[C@H]2CCCC[C@@H]2C1. The number of fused-ring (bicyclic) bond motifs is 1. The first-order valence-electron chi connectivity index (χ1n) is 7.85. The number of para-hydroxylation sites is 1. The first-order chi connectivity index (χ1) is 9.74. The topological polar surface area (TPSA) is 15.3 Å². The molecule has 2 nitrogen and oxygen atoms in total. The molecule has 1 N–H and O–H groups in total. The van der Waals surface area contributed by atoms with Gasteiger partial charge in [-0.25, -0.2) is 0 Å². The van der Waals surface area contributed by atoms with Crippen molar-refractivity contribution in [2.75, 3.05) is 18.4 Å². The number of nitrogens with zero attached hydrogens (tertiary/aromatic N) is 1. The van der Waals surface area contributed by atoms with E-state index in [0.29, 0.717) is 0 Å². The minimum atomic E-state index is 0.870. The number of anilines is 1. The Labute approximate surface area is 127 Å². The largest absolute Gasteiger partial charge is 0.349 e. The average Bonchev–Trinajstić information content (AvgIpc) is 2.49. The molecule has 108 valence electrons. The Kier molecular flexibility index (Phi) is 4.25. The second-order valence-corrected chi connectivity index (χ2v) is 6.67. The molecule has 2 atom stereocenters. The van der Waals surface area contributed by atoms with Crippen LogP contribution < -0.4 is 5.32 Å². The summed E-state index contributed by atoms with van der Waals surface area (Å²) in [4.78, 5) is 2.38. The monoisotopic (exact) mass is 288 g/mol. The number of hydrogen-bond acceptors (Lipinski definition) is 1. The summed E-state index contributed by atoms with van der Waals surface area (Å²) < 4.78 is 0. The van der Waals surface area contributed by atoms with E-state index in [0.717, 1.165) is 35.7 Å². The van der Waals surface area contributed by atoms with Crippen LogP contribution in [0.5, 0.6) is 0 Å². The highest BCUT2D eigenvalue weighted by Crippen LogP contribution is 2.36. The van der Waals surface area contributed by atoms with Gasteiger partial charge in [0, 0.05) is 18.8 Å². The lowest BCUT2D eigenvalue weighted by Crippen LogP contribution is -2.46. The molecule has 0 spiro atoms. The summed E-state index contributed by atoms with van der Waals surface area (Å²) in [6, 6.07) is 8.36. The van der Waals surface area contributed by atoms with E-state index in [9.17, 15) is 0 Å². The van der Waals surface area contributed by atoms with Gasteiger partial charge in [-0.3, -0.25) is 0 Å². The lowest BCUT2D eigenvalue weighted by molar-refractivity contribution is 0.131. The van der Waals surface area contributed by atoms with Crippen LogP contribution in [0.3, 0.4) is 0 Å². The lowest BCUT2D eigenvalue weighted by atomic mass is 9.75. The average molecular weight is 288 g/mol. The second kappa shape index (κ2) is 6.13. The third-order valence-electron chi connectivity index (χ3n) is 4.97. The number of likely N-dealkylation sites (tertiary alicyclic amines) is 1. The molecule has 0 bridgehead atoms. The van der Waals surface area contributed by atoms with E-state index in [1.165, 1.54) is 37.7 Å². The van der Waals surface area contributed by atoms with Crippen LogP contribution in [-0.4, -0.2) is 23.1 Å². The minimum Gasteiger partial charge on any atom is -0.349 e. The molecule has 2 fully saturated rings. The van der Waals surface area contributed by atoms with Gasteiger partial charge in [0.2, 0.25) is 0 Å². The molecule has 1 saturated carbocycles. The Morgan fingerprint density at radius 1 is 1.15 bits per heavy atom. The van der Waals surface area contributed by atoms with E-state index < -0.39 is 0 Å². The quantitative estimate of drug-likeness (QED) is 0.780. The zero-order valence-corrected chi connectivity index (χ0v) is 13.1. The van der Waals surface area contributed by atoms with Gasteiger partial charge < -0.3 is 10.2 Å². The molecule has 20 heavy (non-hydrogen) atoms. The number of benzene rings is 1. The number of hydrogen-bond donors (Lipinski definition) is 1. The number of rotatable bonds is 1. The van der Waals surface area contributed by atoms with E-state index in [2.05, 4.69) is 41.4 Å². The van der Waals surface area contributed by atoms with Crippen molar-refractivity contribution in [3.8, 4) is 0 Å². The molecule has 3 rings (SSSR count). The fraction of sp³-hybridized carbons (Fsp3) is 0.588. The Hall–Kier alpha value is -1.09. The normalized spacial score (nSPS) is 25.9. The predicted octanol–water partition coefficient (Wildman–Crippen LogP) is 4.20. The summed E-state index contributed by atoms with van der Waals surface area (Å²) in [5.41, 5.74) is 2.39. The molecule has 1 heterocycles. The molecule has 1 aliphatic heterocycles. The van der Waals surface area contributed by atoms with Crippen LogP contribution in [0.1, 0.15) is 37.7 Å². The third kappa shape index (κ3) is 2.98. The van der Waals surface area contributed by atoms with Crippen molar-refractivity contribution in [1.29, 1.82) is 0 Å². The van der Waals surface area contributed by atoms with Crippen molar-refractivity contribution in [3.05, 3.63) is 29.8 Å². The van der Waals surface area contributed by atoms with Gasteiger partial charge in [0.05, 0.1) is 0 Å². The van der Waals surface area contributed by atoms with Crippen molar-refractivity contribution in [3.63, 3.8) is 0 Å². The molecule has 0 radical (unpaired) electrons. The summed E-state index contributed by atoms with van der Waals surface area (Å²) in [6.07, 6.45) is 7.00. The van der Waals surface area contributed by atoms with Crippen molar-refractivity contribution in [2.24, 2.45) is 11.8 Å². The van der Waals surface area contributed by atoms with Gasteiger partial charge >= 0.3 is 0 Å². The Morgan fingerprint density at radius 3 is 2.70 bits per heavy atom. The van der Waals surface area contributed by atoms with Crippen molar-refractivity contribution >= 4 is 23.0 Å². The number of piperidine rings is 1. The molecule has 3 heteroatoms. The van der Waals surface area contributed by atoms with Gasteiger partial charge in [0.1, 0.15) is 0 Å². The van der Waals surface area contributed by atoms with Gasteiger partial charge in [0.25, 0.3) is 0 Å². The Morgan fingerprint density at radius 2 is 1.90 bits per heavy atom. The lowest BCUT2D eigenvalue weighted by Gasteiger charge is -2.42. The second-order valence-electron chi connectivity index (χ2n) is 6.28. The van der Waals surface area contributed by atoms with E-state index >= 15 is 0 Å². The molecule has 0 aromatic heterocycles. The maximum atomic E-state index is 5.62. The summed E-state index contributed by atoms with van der Waals surface area (Å²) in [6.45, 7) is 4.40. The number of thiocarbonyl (C=S) groups is 1. The maximum Gasteiger partial charge on any atom is 0.173 e. The number of nitrogens with one attached hydrogen (secondary N) is 1. The van der Waals surface area contributed by atoms with Crippen LogP contribution in [0.4, 0.5) is 5.69 Å².